The number of piperidine rings is 1. The molecule has 0 bridgehead atoms. The summed E-state index contributed by atoms with van der Waals surface area (Å²) in [4.78, 5) is 26.3. The number of nitrogens with one attached hydrogen (secondary N) is 1. The maximum atomic E-state index is 12.8. The number of hydrogen-bond acceptors (Lipinski definition) is 4. The molecule has 2 aliphatic heterocycles. The van der Waals surface area contributed by atoms with Gasteiger partial charge < -0.3 is 19.7 Å². The zero-order valence-electron chi connectivity index (χ0n) is 15.6. The fourth-order valence-electron chi connectivity index (χ4n) is 3.96. The Kier molecular flexibility index (Phi) is 6.01. The van der Waals surface area contributed by atoms with Crippen molar-refractivity contribution in [3.63, 3.8) is 0 Å². The molecule has 0 aliphatic carbocycles. The molecule has 0 saturated carbocycles. The van der Waals surface area contributed by atoms with Gasteiger partial charge in [-0.2, -0.15) is 0 Å². The van der Waals surface area contributed by atoms with Gasteiger partial charge >= 0.3 is 0 Å². The fourth-order valence-corrected chi connectivity index (χ4v) is 3.96. The molecule has 26 heavy (non-hydrogen) atoms. The third kappa shape index (κ3) is 4.11. The number of benzene rings is 1. The van der Waals surface area contributed by atoms with Crippen molar-refractivity contribution < 1.29 is 19.1 Å². The molecule has 6 heteroatoms. The number of amides is 2. The van der Waals surface area contributed by atoms with Gasteiger partial charge in [-0.25, -0.2) is 0 Å². The first-order valence-electron chi connectivity index (χ1n) is 9.43. The fraction of sp³-hybridized carbons (Fsp3) is 0.600. The van der Waals surface area contributed by atoms with Gasteiger partial charge in [-0.15, -0.1) is 0 Å². The van der Waals surface area contributed by atoms with Crippen LogP contribution in [0.25, 0.3) is 0 Å². The molecule has 1 unspecified atom stereocenters. The Hall–Kier alpha value is -2.24. The second-order valence-electron chi connectivity index (χ2n) is 7.07. The highest BCUT2D eigenvalue weighted by Crippen LogP contribution is 2.29. The van der Waals surface area contributed by atoms with Gasteiger partial charge in [0.15, 0.2) is 11.5 Å². The summed E-state index contributed by atoms with van der Waals surface area (Å²) in [5.41, 5.74) is 1.18. The van der Waals surface area contributed by atoms with Gasteiger partial charge in [0.25, 0.3) is 0 Å². The highest BCUT2D eigenvalue weighted by molar-refractivity contribution is 5.91. The van der Waals surface area contributed by atoms with E-state index in [4.69, 9.17) is 9.47 Å². The number of hydrogen-bond donors (Lipinski definition) is 1. The minimum atomic E-state index is -0.329. The molecule has 142 valence electrons. The molecule has 2 fully saturated rings. The second kappa shape index (κ2) is 8.43. The zero-order valence-corrected chi connectivity index (χ0v) is 15.6. The molecule has 1 aromatic carbocycles. The van der Waals surface area contributed by atoms with Gasteiger partial charge in [-0.05, 0) is 56.2 Å². The number of likely N-dealkylation sites (tertiary alicyclic amines) is 1. The number of nitrogens with zero attached hydrogens (tertiary/aromatic N) is 1. The second-order valence-corrected chi connectivity index (χ2v) is 7.07. The smallest absolute Gasteiger partial charge is 0.245 e. The van der Waals surface area contributed by atoms with E-state index in [9.17, 15) is 9.59 Å². The Labute approximate surface area is 154 Å². The van der Waals surface area contributed by atoms with Crippen LogP contribution >= 0.6 is 0 Å². The average Bonchev–Trinajstić information content (AvgIpc) is 3.12. The molecule has 0 spiro atoms. The van der Waals surface area contributed by atoms with E-state index in [2.05, 4.69) is 5.32 Å². The Bertz CT molecular complexity index is 661. The zero-order chi connectivity index (χ0) is 18.5. The number of carbonyl (C=O) groups excluding carboxylic acids is 2. The third-order valence-electron chi connectivity index (χ3n) is 5.42. The van der Waals surface area contributed by atoms with Crippen LogP contribution in [-0.2, 0) is 16.0 Å². The third-order valence-corrected chi connectivity index (χ3v) is 5.42. The van der Waals surface area contributed by atoms with E-state index < -0.39 is 0 Å². The molecule has 2 aliphatic rings. The molecule has 3 rings (SSSR count). The van der Waals surface area contributed by atoms with E-state index in [1.165, 1.54) is 5.56 Å². The molecule has 6 nitrogen and oxygen atoms in total. The van der Waals surface area contributed by atoms with Crippen LogP contribution in [0.5, 0.6) is 11.5 Å². The molecule has 2 saturated heterocycles. The minimum Gasteiger partial charge on any atom is -0.493 e. The summed E-state index contributed by atoms with van der Waals surface area (Å²) in [6, 6.07) is 5.89. The molecule has 1 aromatic rings. The maximum absolute atomic E-state index is 12.8. The van der Waals surface area contributed by atoms with Crippen molar-refractivity contribution in [3.8, 4) is 11.5 Å². The van der Waals surface area contributed by atoms with Gasteiger partial charge in [0.1, 0.15) is 6.04 Å². The Morgan fingerprint density at radius 3 is 2.69 bits per heavy atom. The monoisotopic (exact) mass is 360 g/mol. The molecule has 0 radical (unpaired) electrons. The highest BCUT2D eigenvalue weighted by Gasteiger charge is 2.34. The molecule has 1 N–H and O–H groups in total. The number of methoxy groups -OCH3 is 2. The van der Waals surface area contributed by atoms with Gasteiger partial charge in [-0.3, -0.25) is 9.59 Å². The van der Waals surface area contributed by atoms with Gasteiger partial charge in [-0.1, -0.05) is 6.07 Å². The predicted molar refractivity (Wildman–Crippen MR) is 98.4 cm³/mol. The van der Waals surface area contributed by atoms with Crippen molar-refractivity contribution >= 4 is 11.8 Å². The van der Waals surface area contributed by atoms with E-state index in [1.807, 2.05) is 23.1 Å². The summed E-state index contributed by atoms with van der Waals surface area (Å²) in [5, 5.41) is 2.81. The van der Waals surface area contributed by atoms with Crippen LogP contribution in [0.15, 0.2) is 18.2 Å². The standard InChI is InChI=1S/C20H28N2O4/c1-25-17-10-7-14(13-18(17)26-2)6-8-15-5-3-4-12-22(15)20(24)16-9-11-19(23)21-16/h7,10,13,15-16H,3-6,8-9,11-12H2,1-2H3,(H,21,23)/t15?,16-/m1/s1. The summed E-state index contributed by atoms with van der Waals surface area (Å²) in [5.74, 6) is 1.54. The van der Waals surface area contributed by atoms with Gasteiger partial charge in [0.2, 0.25) is 11.8 Å². The van der Waals surface area contributed by atoms with E-state index in [0.29, 0.717) is 12.8 Å². The first-order valence-corrected chi connectivity index (χ1v) is 9.43. The molecule has 0 aromatic heterocycles. The van der Waals surface area contributed by atoms with E-state index >= 15 is 0 Å². The molecular formula is C20H28N2O4. The summed E-state index contributed by atoms with van der Waals surface area (Å²) >= 11 is 0. The first-order chi connectivity index (χ1) is 12.6. The number of rotatable bonds is 6. The lowest BCUT2D eigenvalue weighted by atomic mass is 9.94. The van der Waals surface area contributed by atoms with Crippen LogP contribution < -0.4 is 14.8 Å². The summed E-state index contributed by atoms with van der Waals surface area (Å²) in [7, 11) is 3.27. The Morgan fingerprint density at radius 1 is 1.19 bits per heavy atom. The lowest BCUT2D eigenvalue weighted by Crippen LogP contribution is -2.51. The predicted octanol–water partition coefficient (Wildman–Crippen LogP) is 2.30. The summed E-state index contributed by atoms with van der Waals surface area (Å²) in [6.45, 7) is 0.793. The molecule has 2 amide bonds. The van der Waals surface area contributed by atoms with E-state index in [0.717, 1.165) is 50.1 Å². The average molecular weight is 360 g/mol. The number of ether oxygens (including phenoxy) is 2. The number of carbonyl (C=O) groups is 2. The van der Waals surface area contributed by atoms with Crippen LogP contribution in [0, 0.1) is 0 Å². The normalized spacial score (nSPS) is 22.8. The summed E-state index contributed by atoms with van der Waals surface area (Å²) in [6.07, 6.45) is 6.10. The van der Waals surface area contributed by atoms with Crippen molar-refractivity contribution in [2.75, 3.05) is 20.8 Å². The largest absolute Gasteiger partial charge is 0.493 e. The number of aryl methyl sites for hydroxylation is 1. The van der Waals surface area contributed by atoms with E-state index in [-0.39, 0.29) is 23.9 Å². The lowest BCUT2D eigenvalue weighted by Gasteiger charge is -2.37. The van der Waals surface area contributed by atoms with Crippen LogP contribution in [0.2, 0.25) is 0 Å². The van der Waals surface area contributed by atoms with Crippen molar-refractivity contribution in [1.29, 1.82) is 0 Å². The van der Waals surface area contributed by atoms with Crippen LogP contribution in [0.1, 0.15) is 44.1 Å². The van der Waals surface area contributed by atoms with E-state index in [1.54, 1.807) is 14.2 Å². The Morgan fingerprint density at radius 2 is 2.00 bits per heavy atom. The maximum Gasteiger partial charge on any atom is 0.245 e. The quantitative estimate of drug-likeness (QED) is 0.845. The Balaban J connectivity index is 1.63. The van der Waals surface area contributed by atoms with Crippen molar-refractivity contribution in [3.05, 3.63) is 23.8 Å². The van der Waals surface area contributed by atoms with Crippen molar-refractivity contribution in [1.82, 2.24) is 10.2 Å². The SMILES string of the molecule is COc1ccc(CCC2CCCCN2C(=O)[C@H]2CCC(=O)N2)cc1OC. The minimum absolute atomic E-state index is 0.0118. The first kappa shape index (κ1) is 18.5. The highest BCUT2D eigenvalue weighted by atomic mass is 16.5. The summed E-state index contributed by atoms with van der Waals surface area (Å²) < 4.78 is 10.7. The molecule has 2 atom stereocenters. The molecule has 2 heterocycles. The van der Waals surface area contributed by atoms with Gasteiger partial charge in [0, 0.05) is 19.0 Å². The molecular weight excluding hydrogens is 332 g/mol. The lowest BCUT2D eigenvalue weighted by molar-refractivity contribution is -0.138. The van der Waals surface area contributed by atoms with Crippen molar-refractivity contribution in [2.45, 2.75) is 57.0 Å². The van der Waals surface area contributed by atoms with Crippen LogP contribution in [0.3, 0.4) is 0 Å². The van der Waals surface area contributed by atoms with Gasteiger partial charge in [0.05, 0.1) is 14.2 Å². The van der Waals surface area contributed by atoms with Crippen molar-refractivity contribution in [2.24, 2.45) is 0 Å². The van der Waals surface area contributed by atoms with Crippen LogP contribution in [0.4, 0.5) is 0 Å². The topological polar surface area (TPSA) is 67.9 Å². The van der Waals surface area contributed by atoms with Crippen LogP contribution in [-0.4, -0.2) is 49.6 Å².